The van der Waals surface area contributed by atoms with Gasteiger partial charge in [-0.25, -0.2) is 4.98 Å². The fourth-order valence-corrected chi connectivity index (χ4v) is 3.49. The van der Waals surface area contributed by atoms with E-state index in [4.69, 9.17) is 0 Å². The van der Waals surface area contributed by atoms with Gasteiger partial charge in [-0.05, 0) is 11.7 Å². The minimum atomic E-state index is 0.689. The van der Waals surface area contributed by atoms with Crippen LogP contribution < -0.4 is 5.32 Å². The number of hydrogen-bond donors (Lipinski definition) is 1. The van der Waals surface area contributed by atoms with Crippen LogP contribution in [0.3, 0.4) is 0 Å². The fraction of sp³-hybridized carbons (Fsp3) is 0.667. The fourth-order valence-electron chi connectivity index (χ4n) is 1.48. The highest BCUT2D eigenvalue weighted by atomic mass is 32.2. The first-order valence-electron chi connectivity index (χ1n) is 4.56. The number of hydrogen-bond acceptors (Lipinski definition) is 4. The predicted octanol–water partition coefficient (Wildman–Crippen LogP) is 1.98. The largest absolute Gasteiger partial charge is 0.307 e. The summed E-state index contributed by atoms with van der Waals surface area (Å²) in [6.07, 6.45) is 1.87. The SMILES string of the molecule is CC1CSCC1NCc1nccs1. The number of aromatic nitrogens is 1. The minimum Gasteiger partial charge on any atom is -0.307 e. The molecule has 4 heteroatoms. The molecule has 1 aliphatic rings. The number of rotatable bonds is 3. The van der Waals surface area contributed by atoms with Gasteiger partial charge in [0.05, 0.1) is 0 Å². The van der Waals surface area contributed by atoms with Gasteiger partial charge in [0.2, 0.25) is 0 Å². The van der Waals surface area contributed by atoms with E-state index in [1.807, 2.05) is 23.3 Å². The second-order valence-electron chi connectivity index (χ2n) is 3.43. The molecule has 1 aromatic rings. The molecule has 72 valence electrons. The Morgan fingerprint density at radius 2 is 2.54 bits per heavy atom. The van der Waals surface area contributed by atoms with Crippen LogP contribution in [0.2, 0.25) is 0 Å². The molecule has 1 aromatic heterocycles. The van der Waals surface area contributed by atoms with Crippen molar-refractivity contribution in [2.45, 2.75) is 19.5 Å². The second kappa shape index (κ2) is 4.44. The van der Waals surface area contributed by atoms with Crippen molar-refractivity contribution in [2.24, 2.45) is 5.92 Å². The van der Waals surface area contributed by atoms with Crippen molar-refractivity contribution in [1.82, 2.24) is 10.3 Å². The number of thiazole rings is 1. The molecule has 1 saturated heterocycles. The van der Waals surface area contributed by atoms with E-state index in [0.29, 0.717) is 6.04 Å². The summed E-state index contributed by atoms with van der Waals surface area (Å²) in [7, 11) is 0. The van der Waals surface area contributed by atoms with Gasteiger partial charge in [-0.2, -0.15) is 11.8 Å². The van der Waals surface area contributed by atoms with Gasteiger partial charge in [0.1, 0.15) is 5.01 Å². The summed E-state index contributed by atoms with van der Waals surface area (Å²) in [5.41, 5.74) is 0. The van der Waals surface area contributed by atoms with Crippen LogP contribution >= 0.6 is 23.1 Å². The van der Waals surface area contributed by atoms with E-state index in [0.717, 1.165) is 12.5 Å². The number of nitrogens with one attached hydrogen (secondary N) is 1. The first kappa shape index (κ1) is 9.49. The van der Waals surface area contributed by atoms with Crippen LogP contribution in [0.1, 0.15) is 11.9 Å². The Morgan fingerprint density at radius 3 is 3.15 bits per heavy atom. The van der Waals surface area contributed by atoms with Gasteiger partial charge in [0.15, 0.2) is 0 Å². The summed E-state index contributed by atoms with van der Waals surface area (Å²) >= 11 is 3.78. The Morgan fingerprint density at radius 1 is 1.62 bits per heavy atom. The summed E-state index contributed by atoms with van der Waals surface area (Å²) in [4.78, 5) is 4.25. The monoisotopic (exact) mass is 214 g/mol. The molecule has 0 radical (unpaired) electrons. The Kier molecular flexibility index (Phi) is 3.24. The molecule has 2 nitrogen and oxygen atoms in total. The van der Waals surface area contributed by atoms with Gasteiger partial charge in [-0.1, -0.05) is 6.92 Å². The molecule has 13 heavy (non-hydrogen) atoms. The lowest BCUT2D eigenvalue weighted by Crippen LogP contribution is -2.33. The Labute approximate surface area is 87.1 Å². The van der Waals surface area contributed by atoms with E-state index in [9.17, 15) is 0 Å². The summed E-state index contributed by atoms with van der Waals surface area (Å²) in [6.45, 7) is 3.26. The van der Waals surface area contributed by atoms with Crippen LogP contribution in [-0.2, 0) is 6.54 Å². The molecule has 0 bridgehead atoms. The van der Waals surface area contributed by atoms with Gasteiger partial charge in [0, 0.05) is 29.9 Å². The molecule has 2 atom stereocenters. The standard InChI is InChI=1S/C9H14N2S2/c1-7-5-12-6-8(7)11-4-9-10-2-3-13-9/h2-3,7-8,11H,4-6H2,1H3. The van der Waals surface area contributed by atoms with Crippen molar-refractivity contribution in [1.29, 1.82) is 0 Å². The molecule has 2 rings (SSSR count). The van der Waals surface area contributed by atoms with Crippen molar-refractivity contribution < 1.29 is 0 Å². The van der Waals surface area contributed by atoms with E-state index in [1.54, 1.807) is 11.3 Å². The third-order valence-corrected chi connectivity index (χ3v) is 4.50. The molecule has 1 aliphatic heterocycles. The molecule has 2 unspecified atom stereocenters. The van der Waals surface area contributed by atoms with E-state index in [-0.39, 0.29) is 0 Å². The number of thioether (sulfide) groups is 1. The highest BCUT2D eigenvalue weighted by Gasteiger charge is 2.23. The van der Waals surface area contributed by atoms with Crippen LogP contribution in [-0.4, -0.2) is 22.5 Å². The average molecular weight is 214 g/mol. The third-order valence-electron chi connectivity index (χ3n) is 2.36. The quantitative estimate of drug-likeness (QED) is 0.833. The zero-order chi connectivity index (χ0) is 9.10. The second-order valence-corrected chi connectivity index (χ2v) is 5.48. The van der Waals surface area contributed by atoms with Crippen molar-refractivity contribution in [2.75, 3.05) is 11.5 Å². The van der Waals surface area contributed by atoms with E-state index < -0.39 is 0 Å². The molecule has 0 amide bonds. The van der Waals surface area contributed by atoms with Crippen molar-refractivity contribution >= 4 is 23.1 Å². The maximum atomic E-state index is 4.25. The number of nitrogens with zero attached hydrogens (tertiary/aromatic N) is 1. The lowest BCUT2D eigenvalue weighted by molar-refractivity contribution is 0.453. The van der Waals surface area contributed by atoms with Gasteiger partial charge in [-0.3, -0.25) is 0 Å². The molecular weight excluding hydrogens is 200 g/mol. The van der Waals surface area contributed by atoms with Crippen molar-refractivity contribution in [3.63, 3.8) is 0 Å². The molecule has 0 spiro atoms. The Balaban J connectivity index is 1.79. The van der Waals surface area contributed by atoms with Gasteiger partial charge in [-0.15, -0.1) is 11.3 Å². The lowest BCUT2D eigenvalue weighted by Gasteiger charge is -2.14. The molecule has 2 heterocycles. The predicted molar refractivity (Wildman–Crippen MR) is 59.2 cm³/mol. The molecule has 0 saturated carbocycles. The highest BCUT2D eigenvalue weighted by molar-refractivity contribution is 7.99. The summed E-state index contributed by atoms with van der Waals surface area (Å²) < 4.78 is 0. The Hall–Kier alpha value is -0.0600. The van der Waals surface area contributed by atoms with Gasteiger partial charge >= 0.3 is 0 Å². The first-order valence-corrected chi connectivity index (χ1v) is 6.59. The molecule has 1 N–H and O–H groups in total. The normalized spacial score (nSPS) is 28.1. The van der Waals surface area contributed by atoms with Gasteiger partial charge in [0.25, 0.3) is 0 Å². The zero-order valence-electron chi connectivity index (χ0n) is 7.69. The van der Waals surface area contributed by atoms with Crippen LogP contribution in [0.4, 0.5) is 0 Å². The lowest BCUT2D eigenvalue weighted by atomic mass is 10.1. The van der Waals surface area contributed by atoms with Crippen LogP contribution in [0, 0.1) is 5.92 Å². The first-order chi connectivity index (χ1) is 6.36. The minimum absolute atomic E-state index is 0.689. The van der Waals surface area contributed by atoms with E-state index in [2.05, 4.69) is 17.2 Å². The van der Waals surface area contributed by atoms with Gasteiger partial charge < -0.3 is 5.32 Å². The van der Waals surface area contributed by atoms with E-state index >= 15 is 0 Å². The average Bonchev–Trinajstić information content (AvgIpc) is 2.72. The van der Waals surface area contributed by atoms with Crippen LogP contribution in [0.5, 0.6) is 0 Å². The zero-order valence-corrected chi connectivity index (χ0v) is 9.33. The molecule has 0 aliphatic carbocycles. The summed E-state index contributed by atoms with van der Waals surface area (Å²) in [6, 6.07) is 0.689. The molecule has 0 aromatic carbocycles. The van der Waals surface area contributed by atoms with Crippen molar-refractivity contribution in [3.8, 4) is 0 Å². The van der Waals surface area contributed by atoms with E-state index in [1.165, 1.54) is 16.5 Å². The van der Waals surface area contributed by atoms with Crippen molar-refractivity contribution in [3.05, 3.63) is 16.6 Å². The summed E-state index contributed by atoms with van der Waals surface area (Å²) in [5.74, 6) is 3.37. The summed E-state index contributed by atoms with van der Waals surface area (Å²) in [5, 5.41) is 6.79. The van der Waals surface area contributed by atoms with Crippen LogP contribution in [0.15, 0.2) is 11.6 Å². The highest BCUT2D eigenvalue weighted by Crippen LogP contribution is 2.23. The maximum absolute atomic E-state index is 4.25. The van der Waals surface area contributed by atoms with Crippen LogP contribution in [0.25, 0.3) is 0 Å². The molecule has 1 fully saturated rings. The molecular formula is C9H14N2S2. The maximum Gasteiger partial charge on any atom is 0.106 e. The Bertz CT molecular complexity index is 248. The topological polar surface area (TPSA) is 24.9 Å². The third kappa shape index (κ3) is 2.45. The smallest absolute Gasteiger partial charge is 0.106 e.